The highest BCUT2D eigenvalue weighted by Crippen LogP contribution is 2.04. The highest BCUT2D eigenvalue weighted by molar-refractivity contribution is 5.71. The van der Waals surface area contributed by atoms with Crippen molar-refractivity contribution in [2.75, 3.05) is 26.7 Å². The molecule has 1 unspecified atom stereocenters. The van der Waals surface area contributed by atoms with Crippen LogP contribution in [-0.2, 0) is 9.53 Å². The van der Waals surface area contributed by atoms with Crippen LogP contribution >= 0.6 is 0 Å². The number of carbonyl (C=O) groups excluding carboxylic acids is 1. The number of hydrogen-bond acceptors (Lipinski definition) is 3. The summed E-state index contributed by atoms with van der Waals surface area (Å²) in [5, 5.41) is 0. The molecule has 0 bridgehead atoms. The molecule has 14 heavy (non-hydrogen) atoms. The van der Waals surface area contributed by atoms with E-state index in [4.69, 9.17) is 0 Å². The molecule has 0 aromatic heterocycles. The second-order valence-electron chi connectivity index (χ2n) is 3.82. The molecule has 0 aromatic rings. The van der Waals surface area contributed by atoms with E-state index in [-0.39, 0.29) is 5.97 Å². The maximum Gasteiger partial charge on any atom is 0.319 e. The van der Waals surface area contributed by atoms with E-state index in [2.05, 4.69) is 30.4 Å². The standard InChI is InChI=1S/C11H23NO2/c1-5-7-12(8-10(3)6-2)9-11(13)14-4/h10H,5-9H2,1-4H3. The van der Waals surface area contributed by atoms with Gasteiger partial charge in [-0.05, 0) is 18.9 Å². The fourth-order valence-corrected chi connectivity index (χ4v) is 1.37. The topological polar surface area (TPSA) is 29.5 Å². The summed E-state index contributed by atoms with van der Waals surface area (Å²) in [6.45, 7) is 8.89. The lowest BCUT2D eigenvalue weighted by Crippen LogP contribution is -2.34. The molecule has 0 radical (unpaired) electrons. The van der Waals surface area contributed by atoms with E-state index in [1.54, 1.807) is 0 Å². The first kappa shape index (κ1) is 13.4. The molecule has 84 valence electrons. The maximum atomic E-state index is 11.1. The van der Waals surface area contributed by atoms with Gasteiger partial charge in [0.05, 0.1) is 13.7 Å². The minimum atomic E-state index is -0.137. The molecule has 0 heterocycles. The highest BCUT2D eigenvalue weighted by atomic mass is 16.5. The first-order valence-corrected chi connectivity index (χ1v) is 5.43. The van der Waals surface area contributed by atoms with Gasteiger partial charge in [0, 0.05) is 6.54 Å². The first-order valence-electron chi connectivity index (χ1n) is 5.43. The Labute approximate surface area is 87.4 Å². The van der Waals surface area contributed by atoms with Crippen LogP contribution < -0.4 is 0 Å². The predicted octanol–water partition coefficient (Wildman–Crippen LogP) is 1.92. The van der Waals surface area contributed by atoms with Crippen LogP contribution in [-0.4, -0.2) is 37.6 Å². The summed E-state index contributed by atoms with van der Waals surface area (Å²) in [5.74, 6) is 0.507. The SMILES string of the molecule is CCCN(CC(=O)OC)CC(C)CC. The number of nitrogens with zero attached hydrogens (tertiary/aromatic N) is 1. The van der Waals surface area contributed by atoms with Crippen LogP contribution in [0.3, 0.4) is 0 Å². The molecule has 3 nitrogen and oxygen atoms in total. The quantitative estimate of drug-likeness (QED) is 0.589. The van der Waals surface area contributed by atoms with Crippen LogP contribution in [0, 0.1) is 5.92 Å². The van der Waals surface area contributed by atoms with E-state index >= 15 is 0 Å². The number of ether oxygens (including phenoxy) is 1. The molecule has 0 fully saturated rings. The molecule has 0 aliphatic rings. The van der Waals surface area contributed by atoms with Gasteiger partial charge in [-0.15, -0.1) is 0 Å². The summed E-state index contributed by atoms with van der Waals surface area (Å²) in [4.78, 5) is 13.3. The molecule has 0 aliphatic heterocycles. The maximum absolute atomic E-state index is 11.1. The van der Waals surface area contributed by atoms with Crippen molar-refractivity contribution >= 4 is 5.97 Å². The Kier molecular flexibility index (Phi) is 7.48. The van der Waals surface area contributed by atoms with Gasteiger partial charge < -0.3 is 4.74 Å². The molecule has 0 N–H and O–H groups in total. The third-order valence-corrected chi connectivity index (χ3v) is 2.39. The van der Waals surface area contributed by atoms with E-state index in [0.29, 0.717) is 12.5 Å². The molecule has 0 spiro atoms. The van der Waals surface area contributed by atoms with Gasteiger partial charge in [0.2, 0.25) is 0 Å². The van der Waals surface area contributed by atoms with E-state index in [0.717, 1.165) is 25.9 Å². The molecule has 0 aliphatic carbocycles. The van der Waals surface area contributed by atoms with Gasteiger partial charge in [-0.3, -0.25) is 9.69 Å². The summed E-state index contributed by atoms with van der Waals surface area (Å²) in [6.07, 6.45) is 2.23. The van der Waals surface area contributed by atoms with Crippen molar-refractivity contribution in [3.8, 4) is 0 Å². The minimum Gasteiger partial charge on any atom is -0.468 e. The average molecular weight is 201 g/mol. The summed E-state index contributed by atoms with van der Waals surface area (Å²) in [6, 6.07) is 0. The number of esters is 1. The van der Waals surface area contributed by atoms with Gasteiger partial charge in [-0.1, -0.05) is 27.2 Å². The molecule has 3 heteroatoms. The highest BCUT2D eigenvalue weighted by Gasteiger charge is 2.12. The van der Waals surface area contributed by atoms with Crippen molar-refractivity contribution in [1.82, 2.24) is 4.90 Å². The Hall–Kier alpha value is -0.570. The Bertz CT molecular complexity index is 159. The Morgan fingerprint density at radius 3 is 2.50 bits per heavy atom. The fourth-order valence-electron chi connectivity index (χ4n) is 1.37. The lowest BCUT2D eigenvalue weighted by atomic mass is 10.1. The van der Waals surface area contributed by atoms with Crippen LogP contribution in [0.5, 0.6) is 0 Å². The van der Waals surface area contributed by atoms with Crippen LogP contribution in [0.4, 0.5) is 0 Å². The summed E-state index contributed by atoms with van der Waals surface area (Å²) >= 11 is 0. The zero-order valence-corrected chi connectivity index (χ0v) is 9.88. The van der Waals surface area contributed by atoms with E-state index in [1.807, 2.05) is 0 Å². The molecular weight excluding hydrogens is 178 g/mol. The molecular formula is C11H23NO2. The van der Waals surface area contributed by atoms with Crippen molar-refractivity contribution in [3.05, 3.63) is 0 Å². The van der Waals surface area contributed by atoms with Crippen LogP contribution in [0.1, 0.15) is 33.6 Å². The second kappa shape index (κ2) is 7.80. The number of carbonyl (C=O) groups is 1. The summed E-state index contributed by atoms with van der Waals surface area (Å²) < 4.78 is 4.66. The van der Waals surface area contributed by atoms with Crippen molar-refractivity contribution < 1.29 is 9.53 Å². The largest absolute Gasteiger partial charge is 0.468 e. The zero-order chi connectivity index (χ0) is 11.0. The van der Waals surface area contributed by atoms with Gasteiger partial charge >= 0.3 is 5.97 Å². The fraction of sp³-hybridized carbons (Fsp3) is 0.909. The molecule has 0 saturated heterocycles. The van der Waals surface area contributed by atoms with E-state index in [1.165, 1.54) is 7.11 Å². The Morgan fingerprint density at radius 2 is 2.07 bits per heavy atom. The smallest absolute Gasteiger partial charge is 0.319 e. The minimum absolute atomic E-state index is 0.137. The van der Waals surface area contributed by atoms with Crippen LogP contribution in [0.15, 0.2) is 0 Å². The Morgan fingerprint density at radius 1 is 1.43 bits per heavy atom. The van der Waals surface area contributed by atoms with Crippen molar-refractivity contribution in [3.63, 3.8) is 0 Å². The molecule has 0 aromatic carbocycles. The predicted molar refractivity (Wildman–Crippen MR) is 58.2 cm³/mol. The number of methoxy groups -OCH3 is 1. The monoisotopic (exact) mass is 201 g/mol. The normalized spacial score (nSPS) is 12.9. The zero-order valence-electron chi connectivity index (χ0n) is 9.88. The molecule has 0 amide bonds. The van der Waals surface area contributed by atoms with Gasteiger partial charge in [0.25, 0.3) is 0 Å². The third-order valence-electron chi connectivity index (χ3n) is 2.39. The molecule has 0 rings (SSSR count). The van der Waals surface area contributed by atoms with Gasteiger partial charge in [0.15, 0.2) is 0 Å². The second-order valence-corrected chi connectivity index (χ2v) is 3.82. The summed E-state index contributed by atoms with van der Waals surface area (Å²) in [7, 11) is 1.44. The van der Waals surface area contributed by atoms with Gasteiger partial charge in [-0.25, -0.2) is 0 Å². The van der Waals surface area contributed by atoms with E-state index < -0.39 is 0 Å². The Balaban J connectivity index is 3.94. The number of rotatable bonds is 7. The van der Waals surface area contributed by atoms with Crippen molar-refractivity contribution in [1.29, 1.82) is 0 Å². The molecule has 1 atom stereocenters. The van der Waals surface area contributed by atoms with E-state index in [9.17, 15) is 4.79 Å². The lowest BCUT2D eigenvalue weighted by Gasteiger charge is -2.23. The van der Waals surface area contributed by atoms with Gasteiger partial charge in [-0.2, -0.15) is 0 Å². The van der Waals surface area contributed by atoms with Gasteiger partial charge in [0.1, 0.15) is 0 Å². The lowest BCUT2D eigenvalue weighted by molar-refractivity contribution is -0.142. The first-order chi connectivity index (χ1) is 6.63. The molecule has 0 saturated carbocycles. The van der Waals surface area contributed by atoms with Crippen molar-refractivity contribution in [2.45, 2.75) is 33.6 Å². The van der Waals surface area contributed by atoms with Crippen molar-refractivity contribution in [2.24, 2.45) is 5.92 Å². The average Bonchev–Trinajstić information content (AvgIpc) is 2.17. The van der Waals surface area contributed by atoms with Crippen LogP contribution in [0.2, 0.25) is 0 Å². The van der Waals surface area contributed by atoms with Crippen LogP contribution in [0.25, 0.3) is 0 Å². The summed E-state index contributed by atoms with van der Waals surface area (Å²) in [5.41, 5.74) is 0. The third kappa shape index (κ3) is 5.97. The number of hydrogen-bond donors (Lipinski definition) is 0.